The van der Waals surface area contributed by atoms with Crippen LogP contribution in [0.3, 0.4) is 0 Å². The molecule has 2 heterocycles. The number of ether oxygens (including phenoxy) is 1. The molecule has 5 nitrogen and oxygen atoms in total. The lowest BCUT2D eigenvalue weighted by atomic mass is 9.63. The van der Waals surface area contributed by atoms with Crippen molar-refractivity contribution in [3.63, 3.8) is 0 Å². The SMILES string of the molecule is Cc1ccc([C@@H]2[C@@H](C(=O)OC(C)(C)C)N[C@H](c3ccccc3)[C@@]23C(=O)Nc2ccccc23)cc1. The van der Waals surface area contributed by atoms with Crippen LogP contribution in [0.2, 0.25) is 0 Å². The van der Waals surface area contributed by atoms with E-state index >= 15 is 0 Å². The molecule has 0 unspecified atom stereocenters. The number of amides is 1. The largest absolute Gasteiger partial charge is 0.459 e. The molecule has 0 saturated carbocycles. The molecule has 1 spiro atoms. The van der Waals surface area contributed by atoms with Crippen molar-refractivity contribution in [1.82, 2.24) is 5.32 Å². The van der Waals surface area contributed by atoms with Gasteiger partial charge in [-0.1, -0.05) is 78.4 Å². The summed E-state index contributed by atoms with van der Waals surface area (Å²) in [6, 6.07) is 24.7. The first-order chi connectivity index (χ1) is 16.2. The zero-order valence-electron chi connectivity index (χ0n) is 20.0. The Morgan fingerprint density at radius 3 is 2.21 bits per heavy atom. The van der Waals surface area contributed by atoms with Crippen LogP contribution in [0.4, 0.5) is 5.69 Å². The van der Waals surface area contributed by atoms with Crippen molar-refractivity contribution in [1.29, 1.82) is 0 Å². The molecule has 2 aliphatic heterocycles. The van der Waals surface area contributed by atoms with Crippen LogP contribution >= 0.6 is 0 Å². The fraction of sp³-hybridized carbons (Fsp3) is 0.310. The van der Waals surface area contributed by atoms with Gasteiger partial charge in [-0.15, -0.1) is 0 Å². The van der Waals surface area contributed by atoms with Gasteiger partial charge in [-0.25, -0.2) is 0 Å². The Bertz CT molecular complexity index is 1230. The summed E-state index contributed by atoms with van der Waals surface area (Å²) in [5, 5.41) is 6.68. The van der Waals surface area contributed by atoms with Crippen LogP contribution in [0.5, 0.6) is 0 Å². The van der Waals surface area contributed by atoms with E-state index in [4.69, 9.17) is 4.74 Å². The number of nitrogens with one attached hydrogen (secondary N) is 2. The minimum atomic E-state index is -1.02. The van der Waals surface area contributed by atoms with E-state index in [2.05, 4.69) is 10.6 Å². The smallest absolute Gasteiger partial charge is 0.324 e. The molecule has 0 radical (unpaired) electrons. The van der Waals surface area contributed by atoms with Gasteiger partial charge in [-0.05, 0) is 50.5 Å². The molecule has 3 aromatic carbocycles. The second-order valence-electron chi connectivity index (χ2n) is 10.3. The van der Waals surface area contributed by atoms with E-state index in [1.165, 1.54) is 0 Å². The summed E-state index contributed by atoms with van der Waals surface area (Å²) in [5.74, 6) is -0.920. The van der Waals surface area contributed by atoms with Crippen molar-refractivity contribution in [3.8, 4) is 0 Å². The van der Waals surface area contributed by atoms with E-state index < -0.39 is 29.0 Å². The second-order valence-corrected chi connectivity index (χ2v) is 10.3. The first-order valence-electron chi connectivity index (χ1n) is 11.7. The molecule has 0 bridgehead atoms. The van der Waals surface area contributed by atoms with Gasteiger partial charge in [0.05, 0.1) is 6.04 Å². The standard InChI is InChI=1S/C29H30N2O3/c1-18-14-16-19(17-15-18)23-24(26(32)34-28(2,3)4)31-25(20-10-6-5-7-11-20)29(23)21-12-8-9-13-22(21)30-27(29)33/h5-17,23-25,31H,1-4H3,(H,30,33)/t23-,24+,25-,29+/m1/s1. The van der Waals surface area contributed by atoms with Gasteiger partial charge in [-0.3, -0.25) is 14.9 Å². The Morgan fingerprint density at radius 2 is 1.53 bits per heavy atom. The minimum absolute atomic E-state index is 0.105. The number of aryl methyl sites for hydroxylation is 1. The Morgan fingerprint density at radius 1 is 0.882 bits per heavy atom. The minimum Gasteiger partial charge on any atom is -0.459 e. The number of para-hydroxylation sites is 1. The summed E-state index contributed by atoms with van der Waals surface area (Å²) in [5.41, 5.74) is 3.03. The van der Waals surface area contributed by atoms with Gasteiger partial charge in [0.15, 0.2) is 0 Å². The summed E-state index contributed by atoms with van der Waals surface area (Å²) >= 11 is 0. The maximum atomic E-state index is 14.0. The van der Waals surface area contributed by atoms with Gasteiger partial charge in [-0.2, -0.15) is 0 Å². The molecular weight excluding hydrogens is 424 g/mol. The van der Waals surface area contributed by atoms with Gasteiger partial charge in [0, 0.05) is 11.6 Å². The topological polar surface area (TPSA) is 67.4 Å². The van der Waals surface area contributed by atoms with Crippen molar-refractivity contribution in [2.24, 2.45) is 0 Å². The highest BCUT2D eigenvalue weighted by Crippen LogP contribution is 2.59. The summed E-state index contributed by atoms with van der Waals surface area (Å²) in [7, 11) is 0. The van der Waals surface area contributed by atoms with Gasteiger partial charge in [0.1, 0.15) is 17.1 Å². The lowest BCUT2D eigenvalue weighted by molar-refractivity contribution is -0.157. The third kappa shape index (κ3) is 3.51. The van der Waals surface area contributed by atoms with Crippen LogP contribution in [0, 0.1) is 6.92 Å². The van der Waals surface area contributed by atoms with Gasteiger partial charge >= 0.3 is 5.97 Å². The zero-order valence-corrected chi connectivity index (χ0v) is 20.0. The molecule has 1 saturated heterocycles. The van der Waals surface area contributed by atoms with E-state index in [1.807, 2.05) is 107 Å². The molecule has 34 heavy (non-hydrogen) atoms. The summed E-state index contributed by atoms with van der Waals surface area (Å²) in [6.07, 6.45) is 0. The van der Waals surface area contributed by atoms with Gasteiger partial charge in [0.25, 0.3) is 0 Å². The quantitative estimate of drug-likeness (QED) is 0.545. The number of carbonyl (C=O) groups is 2. The molecule has 0 aromatic heterocycles. The zero-order chi connectivity index (χ0) is 24.1. The first kappa shape index (κ1) is 22.4. The highest BCUT2D eigenvalue weighted by atomic mass is 16.6. The van der Waals surface area contributed by atoms with Crippen LogP contribution in [0.1, 0.15) is 55.0 Å². The Balaban J connectivity index is 1.77. The molecule has 1 amide bonds. The Labute approximate surface area is 200 Å². The molecule has 174 valence electrons. The van der Waals surface area contributed by atoms with E-state index in [1.54, 1.807) is 0 Å². The number of hydrogen-bond donors (Lipinski definition) is 2. The van der Waals surface area contributed by atoms with Crippen molar-refractivity contribution in [2.45, 2.75) is 56.7 Å². The molecule has 4 atom stereocenters. The van der Waals surface area contributed by atoms with Crippen LogP contribution in [-0.2, 0) is 19.7 Å². The van der Waals surface area contributed by atoms with E-state index in [-0.39, 0.29) is 11.9 Å². The fourth-order valence-electron chi connectivity index (χ4n) is 5.55. The maximum absolute atomic E-state index is 14.0. The average molecular weight is 455 g/mol. The Hall–Kier alpha value is -3.44. The van der Waals surface area contributed by atoms with Crippen LogP contribution in [0.25, 0.3) is 0 Å². The van der Waals surface area contributed by atoms with Crippen LogP contribution in [0.15, 0.2) is 78.9 Å². The fourth-order valence-corrected chi connectivity index (χ4v) is 5.55. The molecule has 5 heteroatoms. The third-order valence-electron chi connectivity index (χ3n) is 6.85. The monoisotopic (exact) mass is 454 g/mol. The van der Waals surface area contributed by atoms with Gasteiger partial charge in [0.2, 0.25) is 5.91 Å². The van der Waals surface area contributed by atoms with Crippen molar-refractivity contribution in [3.05, 3.63) is 101 Å². The summed E-state index contributed by atoms with van der Waals surface area (Å²) in [6.45, 7) is 7.62. The number of anilines is 1. The van der Waals surface area contributed by atoms with E-state index in [9.17, 15) is 9.59 Å². The number of carbonyl (C=O) groups excluding carboxylic acids is 2. The molecule has 0 aliphatic carbocycles. The van der Waals surface area contributed by atoms with Crippen LogP contribution < -0.4 is 10.6 Å². The highest BCUT2D eigenvalue weighted by molar-refractivity contribution is 6.09. The van der Waals surface area contributed by atoms with Crippen molar-refractivity contribution in [2.75, 3.05) is 5.32 Å². The number of benzene rings is 3. The predicted octanol–water partition coefficient (Wildman–Crippen LogP) is 5.02. The normalized spacial score (nSPS) is 25.8. The number of esters is 1. The molecule has 5 rings (SSSR count). The maximum Gasteiger partial charge on any atom is 0.324 e. The van der Waals surface area contributed by atoms with E-state index in [0.717, 1.165) is 27.9 Å². The van der Waals surface area contributed by atoms with Crippen LogP contribution in [-0.4, -0.2) is 23.5 Å². The number of fused-ring (bicyclic) bond motifs is 2. The molecular formula is C29H30N2O3. The lowest BCUT2D eigenvalue weighted by Crippen LogP contribution is -2.44. The lowest BCUT2D eigenvalue weighted by Gasteiger charge is -2.35. The molecule has 1 fully saturated rings. The Kier molecular flexibility index (Phi) is 5.33. The molecule has 3 aromatic rings. The molecule has 2 N–H and O–H groups in total. The number of rotatable bonds is 3. The second kappa shape index (κ2) is 8.10. The van der Waals surface area contributed by atoms with Crippen molar-refractivity contribution >= 4 is 17.6 Å². The third-order valence-corrected chi connectivity index (χ3v) is 6.85. The summed E-state index contributed by atoms with van der Waals surface area (Å²) < 4.78 is 5.87. The highest BCUT2D eigenvalue weighted by Gasteiger charge is 2.66. The van der Waals surface area contributed by atoms with Crippen molar-refractivity contribution < 1.29 is 14.3 Å². The van der Waals surface area contributed by atoms with Gasteiger partial charge < -0.3 is 10.1 Å². The average Bonchev–Trinajstić information content (AvgIpc) is 3.30. The van der Waals surface area contributed by atoms with E-state index in [0.29, 0.717) is 0 Å². The predicted molar refractivity (Wildman–Crippen MR) is 133 cm³/mol. The first-order valence-corrected chi connectivity index (χ1v) is 11.7. The summed E-state index contributed by atoms with van der Waals surface area (Å²) in [4.78, 5) is 27.7. The molecule has 2 aliphatic rings. The number of hydrogen-bond acceptors (Lipinski definition) is 4.